The van der Waals surface area contributed by atoms with E-state index in [1.54, 1.807) is 17.0 Å². The molecule has 0 fully saturated rings. The Kier molecular flexibility index (Phi) is 3.84. The maximum absolute atomic E-state index is 12.4. The predicted octanol–water partition coefficient (Wildman–Crippen LogP) is -0.0138. The van der Waals surface area contributed by atoms with Crippen LogP contribution in [0, 0.1) is 0 Å². The van der Waals surface area contributed by atoms with Gasteiger partial charge in [0.25, 0.3) is 5.56 Å². The molecule has 1 atom stereocenters. The van der Waals surface area contributed by atoms with Crippen molar-refractivity contribution in [1.29, 1.82) is 0 Å². The van der Waals surface area contributed by atoms with E-state index in [1.165, 1.54) is 0 Å². The van der Waals surface area contributed by atoms with E-state index >= 15 is 0 Å². The molecule has 3 rings (SSSR count). The number of H-pyrrole nitrogens is 2. The third-order valence-electron chi connectivity index (χ3n) is 3.37. The first kappa shape index (κ1) is 14.2. The molecule has 1 aromatic carbocycles. The van der Waals surface area contributed by atoms with E-state index in [-0.39, 0.29) is 17.3 Å². The van der Waals surface area contributed by atoms with Crippen LogP contribution in [0.15, 0.2) is 40.2 Å². The molecule has 114 valence electrons. The summed E-state index contributed by atoms with van der Waals surface area (Å²) in [5.41, 5.74) is 0.297. The van der Waals surface area contributed by atoms with Crippen molar-refractivity contribution in [2.45, 2.75) is 26.1 Å². The Labute approximate surface area is 125 Å². The van der Waals surface area contributed by atoms with Gasteiger partial charge in [0, 0.05) is 12.6 Å². The van der Waals surface area contributed by atoms with Crippen molar-refractivity contribution in [1.82, 2.24) is 30.0 Å². The maximum Gasteiger partial charge on any atom is 0.340 e. The molecule has 0 aliphatic rings. The largest absolute Gasteiger partial charge is 0.340 e. The van der Waals surface area contributed by atoms with E-state index in [0.717, 1.165) is 0 Å². The van der Waals surface area contributed by atoms with Gasteiger partial charge in [0.1, 0.15) is 5.82 Å². The van der Waals surface area contributed by atoms with E-state index in [2.05, 4.69) is 25.5 Å². The van der Waals surface area contributed by atoms with Crippen molar-refractivity contribution in [3.8, 4) is 0 Å². The molecular formula is C14H16N6O2. The fourth-order valence-electron chi connectivity index (χ4n) is 2.26. The number of para-hydroxylation sites is 1. The highest BCUT2D eigenvalue weighted by Gasteiger charge is 2.08. The summed E-state index contributed by atoms with van der Waals surface area (Å²) in [6, 6.07) is 7.28. The summed E-state index contributed by atoms with van der Waals surface area (Å²) in [7, 11) is 0. The monoisotopic (exact) mass is 300 g/mol. The molecule has 8 nitrogen and oxygen atoms in total. The molecule has 2 aromatic heterocycles. The van der Waals surface area contributed by atoms with Gasteiger partial charge in [-0.3, -0.25) is 14.3 Å². The first-order chi connectivity index (χ1) is 10.6. The quantitative estimate of drug-likeness (QED) is 0.614. The fraction of sp³-hybridized carbons (Fsp3) is 0.286. The zero-order valence-corrected chi connectivity index (χ0v) is 12.0. The number of rotatable bonds is 5. The number of hydrogen-bond donors (Lipinski definition) is 3. The second-order valence-electron chi connectivity index (χ2n) is 5.13. The van der Waals surface area contributed by atoms with Crippen LogP contribution in [0.5, 0.6) is 0 Å². The highest BCUT2D eigenvalue weighted by atomic mass is 16.1. The lowest BCUT2D eigenvalue weighted by atomic mass is 10.2. The molecular weight excluding hydrogens is 284 g/mol. The number of nitrogens with one attached hydrogen (secondary N) is 3. The molecule has 3 N–H and O–H groups in total. The van der Waals surface area contributed by atoms with Gasteiger partial charge in [0.15, 0.2) is 0 Å². The Morgan fingerprint density at radius 1 is 1.32 bits per heavy atom. The molecule has 0 saturated heterocycles. The van der Waals surface area contributed by atoms with Crippen LogP contribution in [0.2, 0.25) is 0 Å². The third kappa shape index (κ3) is 2.96. The fourth-order valence-corrected chi connectivity index (χ4v) is 2.26. The minimum atomic E-state index is -0.334. The van der Waals surface area contributed by atoms with Crippen LogP contribution in [0.25, 0.3) is 10.9 Å². The number of aromatic amines is 2. The summed E-state index contributed by atoms with van der Waals surface area (Å²) >= 11 is 0. The maximum atomic E-state index is 12.4. The van der Waals surface area contributed by atoms with E-state index in [4.69, 9.17) is 0 Å². The smallest absolute Gasteiger partial charge is 0.306 e. The predicted molar refractivity (Wildman–Crippen MR) is 81.5 cm³/mol. The lowest BCUT2D eigenvalue weighted by Crippen LogP contribution is -2.34. The summed E-state index contributed by atoms with van der Waals surface area (Å²) < 4.78 is 1.58. The van der Waals surface area contributed by atoms with Crippen molar-refractivity contribution < 1.29 is 0 Å². The van der Waals surface area contributed by atoms with E-state index < -0.39 is 0 Å². The van der Waals surface area contributed by atoms with Crippen LogP contribution >= 0.6 is 0 Å². The molecule has 3 aromatic rings. The van der Waals surface area contributed by atoms with Crippen molar-refractivity contribution in [3.05, 3.63) is 57.3 Å². The van der Waals surface area contributed by atoms with Crippen LogP contribution in [0.4, 0.5) is 0 Å². The van der Waals surface area contributed by atoms with Crippen LogP contribution in [-0.2, 0) is 13.1 Å². The first-order valence-electron chi connectivity index (χ1n) is 6.94. The van der Waals surface area contributed by atoms with Gasteiger partial charge in [0.05, 0.1) is 23.8 Å². The van der Waals surface area contributed by atoms with Crippen LogP contribution < -0.4 is 16.6 Å². The summed E-state index contributed by atoms with van der Waals surface area (Å²) in [6.07, 6.45) is 1.55. The first-order valence-corrected chi connectivity index (χ1v) is 6.94. The Bertz CT molecular complexity index is 894. The molecule has 0 spiro atoms. The lowest BCUT2D eigenvalue weighted by Gasteiger charge is -2.14. The van der Waals surface area contributed by atoms with Crippen LogP contribution in [0.1, 0.15) is 12.7 Å². The van der Waals surface area contributed by atoms with E-state index in [0.29, 0.717) is 29.8 Å². The Balaban J connectivity index is 1.71. The minimum Gasteiger partial charge on any atom is -0.306 e. The lowest BCUT2D eigenvalue weighted by molar-refractivity contribution is 0.461. The number of aromatic nitrogens is 5. The van der Waals surface area contributed by atoms with Crippen LogP contribution in [-0.4, -0.2) is 30.8 Å². The van der Waals surface area contributed by atoms with Gasteiger partial charge >= 0.3 is 5.69 Å². The normalized spacial score (nSPS) is 12.6. The van der Waals surface area contributed by atoms with Gasteiger partial charge in [0.2, 0.25) is 0 Å². The van der Waals surface area contributed by atoms with Crippen LogP contribution in [0.3, 0.4) is 0 Å². The average molecular weight is 300 g/mol. The van der Waals surface area contributed by atoms with Gasteiger partial charge in [-0.15, -0.1) is 0 Å². The Hall–Kier alpha value is -2.74. The zero-order valence-electron chi connectivity index (χ0n) is 12.0. The number of nitrogens with zero attached hydrogens (tertiary/aromatic N) is 3. The van der Waals surface area contributed by atoms with Gasteiger partial charge < -0.3 is 5.32 Å². The topological polar surface area (TPSA) is 108 Å². The summed E-state index contributed by atoms with van der Waals surface area (Å²) in [5, 5.41) is 9.92. The van der Waals surface area contributed by atoms with E-state index in [9.17, 15) is 9.59 Å². The molecule has 0 amide bonds. The molecule has 2 heterocycles. The zero-order chi connectivity index (χ0) is 15.5. The standard InChI is InChI=1S/C14H16N6O2/c1-9(15-6-12-17-14(22)19-18-12)7-20-8-16-11-5-3-2-4-10(11)13(20)21/h2-5,8-9,15H,6-7H2,1H3,(H2,17,18,19,22)/t9-/m0/s1. The molecule has 0 aliphatic heterocycles. The summed E-state index contributed by atoms with van der Waals surface area (Å²) in [4.78, 5) is 30.2. The number of fused-ring (bicyclic) bond motifs is 1. The third-order valence-corrected chi connectivity index (χ3v) is 3.37. The number of benzene rings is 1. The van der Waals surface area contributed by atoms with Gasteiger partial charge in [-0.25, -0.2) is 14.9 Å². The SMILES string of the molecule is C[C@@H](Cn1cnc2ccccc2c1=O)NCc1n[nH]c(=O)[nH]1. The van der Waals surface area contributed by atoms with Gasteiger partial charge in [-0.1, -0.05) is 12.1 Å². The molecule has 0 radical (unpaired) electrons. The van der Waals surface area contributed by atoms with Crippen molar-refractivity contribution in [2.75, 3.05) is 0 Å². The number of hydrogen-bond acceptors (Lipinski definition) is 5. The molecule has 0 bridgehead atoms. The Morgan fingerprint density at radius 3 is 2.91 bits per heavy atom. The second kappa shape index (κ2) is 5.94. The summed E-state index contributed by atoms with van der Waals surface area (Å²) in [5.74, 6) is 0.529. The van der Waals surface area contributed by atoms with Gasteiger partial charge in [-0.2, -0.15) is 5.10 Å². The van der Waals surface area contributed by atoms with Crippen molar-refractivity contribution in [3.63, 3.8) is 0 Å². The van der Waals surface area contributed by atoms with E-state index in [1.807, 2.05) is 25.1 Å². The molecule has 0 aliphatic carbocycles. The molecule has 22 heavy (non-hydrogen) atoms. The second-order valence-corrected chi connectivity index (χ2v) is 5.13. The van der Waals surface area contributed by atoms with Gasteiger partial charge in [-0.05, 0) is 19.1 Å². The highest BCUT2D eigenvalue weighted by Crippen LogP contribution is 2.04. The molecule has 8 heteroatoms. The van der Waals surface area contributed by atoms with Crippen molar-refractivity contribution >= 4 is 10.9 Å². The average Bonchev–Trinajstić information content (AvgIpc) is 2.94. The summed E-state index contributed by atoms with van der Waals surface area (Å²) in [6.45, 7) is 2.84. The Morgan fingerprint density at radius 2 is 2.14 bits per heavy atom. The highest BCUT2D eigenvalue weighted by molar-refractivity contribution is 5.76. The minimum absolute atomic E-state index is 0.0147. The molecule has 0 unspecified atom stereocenters. The van der Waals surface area contributed by atoms with Crippen molar-refractivity contribution in [2.24, 2.45) is 0 Å². The molecule has 0 saturated carbocycles.